The molecule has 0 radical (unpaired) electrons. The third kappa shape index (κ3) is 4.65. The molecule has 160 valence electrons. The van der Waals surface area contributed by atoms with Gasteiger partial charge < -0.3 is 10.2 Å². The van der Waals surface area contributed by atoms with Gasteiger partial charge in [-0.1, -0.05) is 11.6 Å². The largest absolute Gasteiger partial charge is 0.344 e. The van der Waals surface area contributed by atoms with Gasteiger partial charge in [-0.2, -0.15) is 4.68 Å². The molecule has 0 aliphatic carbocycles. The number of benzene rings is 1. The number of nitrogens with zero attached hydrogens (tertiary/aromatic N) is 4. The molecule has 2 aromatic rings. The maximum Gasteiger partial charge on any atom is 0.344 e. The van der Waals surface area contributed by atoms with Gasteiger partial charge in [-0.05, 0) is 55.0 Å². The number of carbonyl (C=O) groups is 2. The minimum absolute atomic E-state index is 0.175. The minimum Gasteiger partial charge on any atom is -0.323 e. The molecule has 4 rings (SSSR count). The lowest BCUT2D eigenvalue weighted by atomic mass is 9.78. The van der Waals surface area contributed by atoms with Gasteiger partial charge in [-0.25, -0.2) is 9.18 Å². The van der Waals surface area contributed by atoms with Crippen LogP contribution in [0.3, 0.4) is 0 Å². The number of hydrogen-bond donors (Lipinski definition) is 1. The molecule has 2 amide bonds. The lowest BCUT2D eigenvalue weighted by Crippen LogP contribution is -2.45. The first kappa shape index (κ1) is 20.8. The molecule has 0 bridgehead atoms. The Hall–Kier alpha value is -2.45. The van der Waals surface area contributed by atoms with Crippen molar-refractivity contribution >= 4 is 29.4 Å². The SMILES string of the molecule is CC(=O)Nc1ccn(C(=O)N2CCC3(CCN(Cc4cc(F)cc(Cl)c4)C3)CC2)n1. The second-order valence-corrected chi connectivity index (χ2v) is 8.77. The fourth-order valence-corrected chi connectivity index (χ4v) is 4.77. The number of likely N-dealkylation sites (tertiary alicyclic amines) is 2. The Labute approximate surface area is 179 Å². The van der Waals surface area contributed by atoms with E-state index in [1.165, 1.54) is 23.7 Å². The van der Waals surface area contributed by atoms with Crippen LogP contribution in [0.25, 0.3) is 0 Å². The quantitative estimate of drug-likeness (QED) is 0.803. The predicted molar refractivity (Wildman–Crippen MR) is 112 cm³/mol. The zero-order valence-electron chi connectivity index (χ0n) is 16.9. The Morgan fingerprint density at radius 2 is 1.93 bits per heavy atom. The topological polar surface area (TPSA) is 70.5 Å². The van der Waals surface area contributed by atoms with Gasteiger partial charge in [0, 0.05) is 50.4 Å². The Morgan fingerprint density at radius 3 is 2.63 bits per heavy atom. The van der Waals surface area contributed by atoms with Crippen LogP contribution in [0.5, 0.6) is 0 Å². The van der Waals surface area contributed by atoms with Crippen LogP contribution in [0.15, 0.2) is 30.5 Å². The van der Waals surface area contributed by atoms with E-state index >= 15 is 0 Å². The summed E-state index contributed by atoms with van der Waals surface area (Å²) in [6.07, 6.45) is 4.50. The molecule has 1 aromatic heterocycles. The van der Waals surface area contributed by atoms with Crippen LogP contribution in [0.1, 0.15) is 31.7 Å². The normalized spacial score (nSPS) is 18.7. The monoisotopic (exact) mass is 433 g/mol. The third-order valence-corrected chi connectivity index (χ3v) is 6.25. The van der Waals surface area contributed by atoms with E-state index in [4.69, 9.17) is 11.6 Å². The van der Waals surface area contributed by atoms with Crippen LogP contribution in [0, 0.1) is 11.2 Å². The van der Waals surface area contributed by atoms with Crippen LogP contribution in [-0.4, -0.2) is 57.7 Å². The summed E-state index contributed by atoms with van der Waals surface area (Å²) in [5.74, 6) is -0.161. The molecule has 2 fully saturated rings. The van der Waals surface area contributed by atoms with Crippen LogP contribution in [0.2, 0.25) is 5.02 Å². The molecule has 0 unspecified atom stereocenters. The molecule has 30 heavy (non-hydrogen) atoms. The summed E-state index contributed by atoms with van der Waals surface area (Å²) in [4.78, 5) is 28.0. The van der Waals surface area contributed by atoms with Gasteiger partial charge in [-0.3, -0.25) is 9.69 Å². The first-order valence-corrected chi connectivity index (χ1v) is 10.5. The Morgan fingerprint density at radius 1 is 1.20 bits per heavy atom. The molecule has 1 aromatic carbocycles. The highest BCUT2D eigenvalue weighted by Gasteiger charge is 2.41. The van der Waals surface area contributed by atoms with Gasteiger partial charge in [-0.15, -0.1) is 5.10 Å². The number of hydrogen-bond acceptors (Lipinski definition) is 4. The molecule has 2 aliphatic heterocycles. The minimum atomic E-state index is -0.307. The Balaban J connectivity index is 1.32. The number of carbonyl (C=O) groups excluding carboxylic acids is 2. The fraction of sp³-hybridized carbons (Fsp3) is 0.476. The van der Waals surface area contributed by atoms with Crippen molar-refractivity contribution in [2.24, 2.45) is 5.41 Å². The van der Waals surface area contributed by atoms with E-state index in [-0.39, 0.29) is 23.2 Å². The van der Waals surface area contributed by atoms with Crippen molar-refractivity contribution in [1.82, 2.24) is 19.6 Å². The van der Waals surface area contributed by atoms with E-state index in [0.717, 1.165) is 37.9 Å². The number of halogens is 2. The maximum absolute atomic E-state index is 13.6. The van der Waals surface area contributed by atoms with Crippen molar-refractivity contribution in [2.45, 2.75) is 32.7 Å². The average Bonchev–Trinajstić information content (AvgIpc) is 3.28. The fourth-order valence-electron chi connectivity index (χ4n) is 4.53. The van der Waals surface area contributed by atoms with Gasteiger partial charge in [0.25, 0.3) is 0 Å². The van der Waals surface area contributed by atoms with Crippen molar-refractivity contribution in [1.29, 1.82) is 0 Å². The number of anilines is 1. The maximum atomic E-state index is 13.6. The van der Waals surface area contributed by atoms with Gasteiger partial charge in [0.2, 0.25) is 5.91 Å². The molecule has 2 aliphatic rings. The summed E-state index contributed by atoms with van der Waals surface area (Å²) in [5.41, 5.74) is 1.08. The molecule has 3 heterocycles. The highest BCUT2D eigenvalue weighted by atomic mass is 35.5. The van der Waals surface area contributed by atoms with E-state index in [2.05, 4.69) is 15.3 Å². The molecule has 2 saturated heterocycles. The van der Waals surface area contributed by atoms with Crippen molar-refractivity contribution in [3.8, 4) is 0 Å². The number of amides is 2. The number of rotatable bonds is 3. The van der Waals surface area contributed by atoms with Crippen molar-refractivity contribution in [2.75, 3.05) is 31.5 Å². The standard InChI is InChI=1S/C21H25ClFN5O2/c1-15(29)24-19-2-6-28(25-19)20(30)27-8-4-21(5-9-27)3-7-26(14-21)13-16-10-17(22)12-18(23)11-16/h2,6,10-12H,3-5,7-9,13-14H2,1H3,(H,24,25,29). The summed E-state index contributed by atoms with van der Waals surface area (Å²) in [6.45, 7) is 5.33. The van der Waals surface area contributed by atoms with Crippen molar-refractivity contribution < 1.29 is 14.0 Å². The smallest absolute Gasteiger partial charge is 0.323 e. The van der Waals surface area contributed by atoms with E-state index in [9.17, 15) is 14.0 Å². The highest BCUT2D eigenvalue weighted by molar-refractivity contribution is 6.30. The molecule has 7 nitrogen and oxygen atoms in total. The van der Waals surface area contributed by atoms with E-state index < -0.39 is 0 Å². The Bertz CT molecular complexity index is 934. The predicted octanol–water partition coefficient (Wildman–Crippen LogP) is 3.59. The second-order valence-electron chi connectivity index (χ2n) is 8.33. The lowest BCUT2D eigenvalue weighted by Gasteiger charge is -2.39. The zero-order chi connectivity index (χ0) is 21.3. The molecule has 1 spiro atoms. The molecule has 9 heteroatoms. The summed E-state index contributed by atoms with van der Waals surface area (Å²) in [5, 5.41) is 7.13. The lowest BCUT2D eigenvalue weighted by molar-refractivity contribution is -0.114. The van der Waals surface area contributed by atoms with Crippen molar-refractivity contribution in [3.05, 3.63) is 46.9 Å². The van der Waals surface area contributed by atoms with Gasteiger partial charge in [0.1, 0.15) is 5.82 Å². The van der Waals surface area contributed by atoms with Crippen molar-refractivity contribution in [3.63, 3.8) is 0 Å². The van der Waals surface area contributed by atoms with E-state index in [0.29, 0.717) is 30.5 Å². The van der Waals surface area contributed by atoms with Crippen LogP contribution >= 0.6 is 11.6 Å². The van der Waals surface area contributed by atoms with Gasteiger partial charge in [0.05, 0.1) is 0 Å². The van der Waals surface area contributed by atoms with Crippen LogP contribution < -0.4 is 5.32 Å². The number of piperidine rings is 1. The van der Waals surface area contributed by atoms with Crippen LogP contribution in [0.4, 0.5) is 15.0 Å². The number of nitrogens with one attached hydrogen (secondary N) is 1. The third-order valence-electron chi connectivity index (χ3n) is 6.03. The van der Waals surface area contributed by atoms with Gasteiger partial charge in [0.15, 0.2) is 5.82 Å². The molecule has 1 N–H and O–H groups in total. The molecular weight excluding hydrogens is 409 g/mol. The Kier molecular flexibility index (Phi) is 5.79. The van der Waals surface area contributed by atoms with Gasteiger partial charge >= 0.3 is 6.03 Å². The summed E-state index contributed by atoms with van der Waals surface area (Å²) < 4.78 is 14.9. The summed E-state index contributed by atoms with van der Waals surface area (Å²) >= 11 is 5.98. The molecule has 0 saturated carbocycles. The highest BCUT2D eigenvalue weighted by Crippen LogP contribution is 2.41. The average molecular weight is 434 g/mol. The molecular formula is C21H25ClFN5O2. The first-order chi connectivity index (χ1) is 14.3. The van der Waals surface area contributed by atoms with Crippen LogP contribution in [-0.2, 0) is 11.3 Å². The second kappa shape index (κ2) is 8.35. The van der Waals surface area contributed by atoms with E-state index in [1.807, 2.05) is 11.0 Å². The summed E-state index contributed by atoms with van der Waals surface area (Å²) in [7, 11) is 0. The van der Waals surface area contributed by atoms with E-state index in [1.54, 1.807) is 12.3 Å². The zero-order valence-corrected chi connectivity index (χ0v) is 17.7. The number of aromatic nitrogens is 2. The summed E-state index contributed by atoms with van der Waals surface area (Å²) in [6, 6.07) is 6.11. The molecule has 0 atom stereocenters. The first-order valence-electron chi connectivity index (χ1n) is 10.1.